The molecule has 44 heavy (non-hydrogen) atoms. The number of hydrogen-bond acceptors (Lipinski definition) is 5. The molecule has 0 fully saturated rings. The molecule has 0 saturated heterocycles. The van der Waals surface area contributed by atoms with Crippen LogP contribution in [-0.4, -0.2) is 29.8 Å². The standard InChI is InChI=1S/C38H69O5P/c1-28(2)18-15-19-30(5)20-16-21-31(6)22-17-24-38(10)25-23-35-34(9)36(32(7)33(8)37(35)42-38)43-44(39)41-27-14-12-11-13-26-40-29(3)4/h28-31,39H,11-27H2,1-10H3. The molecule has 0 spiro atoms. The Morgan fingerprint density at radius 2 is 1.34 bits per heavy atom. The van der Waals surface area contributed by atoms with E-state index in [0.29, 0.717) is 12.7 Å². The predicted octanol–water partition coefficient (Wildman–Crippen LogP) is 11.7. The van der Waals surface area contributed by atoms with Gasteiger partial charge in [-0.1, -0.05) is 85.5 Å². The number of hydrogen-bond donors (Lipinski definition) is 1. The number of rotatable bonds is 23. The Morgan fingerprint density at radius 3 is 1.95 bits per heavy atom. The maximum absolute atomic E-state index is 10.6. The molecule has 1 aromatic carbocycles. The smallest absolute Gasteiger partial charge is 0.394 e. The van der Waals surface area contributed by atoms with Crippen molar-refractivity contribution < 1.29 is 23.4 Å². The molecule has 1 aliphatic heterocycles. The summed E-state index contributed by atoms with van der Waals surface area (Å²) in [6, 6.07) is 0. The van der Waals surface area contributed by atoms with Gasteiger partial charge in [-0.25, -0.2) is 0 Å². The maximum atomic E-state index is 10.6. The Labute approximate surface area is 273 Å². The van der Waals surface area contributed by atoms with Crippen LogP contribution in [0.25, 0.3) is 0 Å². The van der Waals surface area contributed by atoms with E-state index >= 15 is 0 Å². The molecule has 6 heteroatoms. The van der Waals surface area contributed by atoms with E-state index in [9.17, 15) is 4.89 Å². The van der Waals surface area contributed by atoms with Gasteiger partial charge in [0.15, 0.2) is 0 Å². The summed E-state index contributed by atoms with van der Waals surface area (Å²) >= 11 is 0. The van der Waals surface area contributed by atoms with Crippen LogP contribution in [0.1, 0.15) is 161 Å². The second-order valence-corrected chi connectivity index (χ2v) is 15.8. The minimum Gasteiger partial charge on any atom is -0.487 e. The van der Waals surface area contributed by atoms with E-state index in [4.69, 9.17) is 18.5 Å². The number of ether oxygens (including phenoxy) is 2. The molecule has 1 aromatic rings. The Balaban J connectivity index is 1.78. The highest BCUT2D eigenvalue weighted by Crippen LogP contribution is 2.48. The minimum absolute atomic E-state index is 0.128. The number of unbranched alkanes of at least 4 members (excludes halogenated alkanes) is 3. The summed E-state index contributed by atoms with van der Waals surface area (Å²) in [6.07, 6.45) is 18.3. The highest BCUT2D eigenvalue weighted by molar-refractivity contribution is 7.41. The molecule has 1 heterocycles. The Bertz CT molecular complexity index is 948. The van der Waals surface area contributed by atoms with Crippen molar-refractivity contribution in [3.63, 3.8) is 0 Å². The van der Waals surface area contributed by atoms with Gasteiger partial charge in [0.25, 0.3) is 0 Å². The number of benzene rings is 1. The first-order chi connectivity index (χ1) is 20.8. The van der Waals surface area contributed by atoms with E-state index in [-0.39, 0.29) is 5.60 Å². The summed E-state index contributed by atoms with van der Waals surface area (Å²) in [6.45, 7) is 23.6. The second-order valence-electron chi connectivity index (χ2n) is 14.9. The summed E-state index contributed by atoms with van der Waals surface area (Å²) in [5.74, 6) is 4.27. The summed E-state index contributed by atoms with van der Waals surface area (Å²) in [5, 5.41) is 0. The largest absolute Gasteiger partial charge is 0.487 e. The molecule has 256 valence electrons. The molecule has 4 unspecified atom stereocenters. The highest BCUT2D eigenvalue weighted by atomic mass is 31.2. The van der Waals surface area contributed by atoms with Crippen molar-refractivity contribution in [2.24, 2.45) is 17.8 Å². The van der Waals surface area contributed by atoms with E-state index in [1.807, 2.05) is 0 Å². The van der Waals surface area contributed by atoms with E-state index in [1.54, 1.807) is 0 Å². The van der Waals surface area contributed by atoms with Crippen LogP contribution < -0.4 is 9.26 Å². The van der Waals surface area contributed by atoms with Crippen LogP contribution in [-0.2, 0) is 15.7 Å². The van der Waals surface area contributed by atoms with Crippen molar-refractivity contribution in [2.75, 3.05) is 13.2 Å². The highest BCUT2D eigenvalue weighted by Gasteiger charge is 2.35. The summed E-state index contributed by atoms with van der Waals surface area (Å²) in [5.41, 5.74) is 4.33. The van der Waals surface area contributed by atoms with Crippen LogP contribution in [0.2, 0.25) is 0 Å². The van der Waals surface area contributed by atoms with Crippen molar-refractivity contribution in [1.29, 1.82) is 0 Å². The lowest BCUT2D eigenvalue weighted by molar-refractivity contribution is 0.0512. The molecule has 0 bridgehead atoms. The molecule has 0 radical (unpaired) electrons. The van der Waals surface area contributed by atoms with Crippen molar-refractivity contribution in [1.82, 2.24) is 0 Å². The monoisotopic (exact) mass is 636 g/mol. The Morgan fingerprint density at radius 1 is 0.750 bits per heavy atom. The lowest BCUT2D eigenvalue weighted by Gasteiger charge is -2.38. The van der Waals surface area contributed by atoms with Gasteiger partial charge in [-0.05, 0) is 115 Å². The van der Waals surface area contributed by atoms with Crippen LogP contribution in [0, 0.1) is 38.5 Å². The molecule has 0 aromatic heterocycles. The first kappa shape index (κ1) is 39.3. The molecule has 5 nitrogen and oxygen atoms in total. The average Bonchev–Trinajstić information content (AvgIpc) is 2.95. The second kappa shape index (κ2) is 20.4. The summed E-state index contributed by atoms with van der Waals surface area (Å²) in [7, 11) is -1.96. The van der Waals surface area contributed by atoms with Gasteiger partial charge in [0, 0.05) is 12.2 Å². The van der Waals surface area contributed by atoms with Crippen LogP contribution >= 0.6 is 8.60 Å². The van der Waals surface area contributed by atoms with Crippen molar-refractivity contribution in [2.45, 2.75) is 177 Å². The molecule has 2 rings (SSSR count). The molecule has 1 N–H and O–H groups in total. The van der Waals surface area contributed by atoms with Gasteiger partial charge < -0.3 is 23.4 Å². The fourth-order valence-electron chi connectivity index (χ4n) is 6.52. The lowest BCUT2D eigenvalue weighted by atomic mass is 9.84. The third-order valence-corrected chi connectivity index (χ3v) is 10.4. The third-order valence-electron chi connectivity index (χ3n) is 9.70. The van der Waals surface area contributed by atoms with Gasteiger partial charge in [0.1, 0.15) is 17.1 Å². The van der Waals surface area contributed by atoms with Crippen LogP contribution in [0.5, 0.6) is 11.5 Å². The molecule has 0 saturated carbocycles. The average molecular weight is 637 g/mol. The molecule has 1 aliphatic rings. The van der Waals surface area contributed by atoms with Crippen molar-refractivity contribution in [3.05, 3.63) is 22.3 Å². The zero-order valence-corrected chi connectivity index (χ0v) is 31.3. The van der Waals surface area contributed by atoms with Crippen LogP contribution in [0.15, 0.2) is 0 Å². The summed E-state index contributed by atoms with van der Waals surface area (Å²) in [4.78, 5) is 10.6. The van der Waals surface area contributed by atoms with Gasteiger partial charge in [-0.3, -0.25) is 0 Å². The number of fused-ring (bicyclic) bond motifs is 1. The zero-order valence-electron chi connectivity index (χ0n) is 30.4. The SMILES string of the molecule is Cc1c(C)c2c(c(C)c1OP(O)OCCCCCCOC(C)C)CCC(C)(CCCC(C)CCCC(C)CCCC(C)C)O2. The van der Waals surface area contributed by atoms with Gasteiger partial charge in [-0.15, -0.1) is 0 Å². The topological polar surface area (TPSA) is 57.2 Å². The molecular weight excluding hydrogens is 567 g/mol. The van der Waals surface area contributed by atoms with E-state index in [1.165, 1.54) is 56.9 Å². The predicted molar refractivity (Wildman–Crippen MR) is 188 cm³/mol. The van der Waals surface area contributed by atoms with E-state index in [2.05, 4.69) is 69.2 Å². The Hall–Kier alpha value is -0.870. The Kier molecular flexibility index (Phi) is 18.2. The van der Waals surface area contributed by atoms with E-state index in [0.717, 1.165) is 97.5 Å². The first-order valence-electron chi connectivity index (χ1n) is 18.1. The van der Waals surface area contributed by atoms with Crippen molar-refractivity contribution in [3.8, 4) is 11.5 Å². The third kappa shape index (κ3) is 14.3. The van der Waals surface area contributed by atoms with Gasteiger partial charge in [0.2, 0.25) is 0 Å². The zero-order chi connectivity index (χ0) is 32.7. The molecule has 0 aliphatic carbocycles. The van der Waals surface area contributed by atoms with E-state index < -0.39 is 8.60 Å². The molecule has 4 atom stereocenters. The first-order valence-corrected chi connectivity index (χ1v) is 19.2. The fourth-order valence-corrected chi connectivity index (χ4v) is 7.29. The lowest BCUT2D eigenvalue weighted by Crippen LogP contribution is -2.37. The van der Waals surface area contributed by atoms with Crippen LogP contribution in [0.4, 0.5) is 0 Å². The maximum Gasteiger partial charge on any atom is 0.394 e. The quantitative estimate of drug-likeness (QED) is 0.0956. The van der Waals surface area contributed by atoms with Crippen molar-refractivity contribution >= 4 is 8.60 Å². The summed E-state index contributed by atoms with van der Waals surface area (Å²) < 4.78 is 24.1. The molecule has 0 amide bonds. The van der Waals surface area contributed by atoms with Gasteiger partial charge in [-0.2, -0.15) is 0 Å². The fraction of sp³-hybridized carbons (Fsp3) is 0.842. The normalized spacial score (nSPS) is 18.8. The minimum atomic E-state index is -1.96. The van der Waals surface area contributed by atoms with Gasteiger partial charge >= 0.3 is 8.60 Å². The van der Waals surface area contributed by atoms with Gasteiger partial charge in [0.05, 0.1) is 12.7 Å². The van der Waals surface area contributed by atoms with Crippen LogP contribution in [0.3, 0.4) is 0 Å². The molecular formula is C38H69O5P.